The number of alkyl halides is 1. The Hall–Kier alpha value is 0.240. The third-order valence-electron chi connectivity index (χ3n) is 10.9. The fourth-order valence-electron chi connectivity index (χ4n) is 8.77. The Balaban J connectivity index is 1.38. The zero-order chi connectivity index (χ0) is 24.6. The van der Waals surface area contributed by atoms with E-state index in [-0.39, 0.29) is 0 Å². The monoisotopic (exact) mass is 550 g/mol. The first-order valence-corrected chi connectivity index (χ1v) is 16.4. The molecule has 4 aliphatic carbocycles. The van der Waals surface area contributed by atoms with Crippen molar-refractivity contribution in [3.8, 4) is 0 Å². The van der Waals surface area contributed by atoms with Crippen LogP contribution in [0.25, 0.3) is 0 Å². The summed E-state index contributed by atoms with van der Waals surface area (Å²) in [5, 5.41) is 0.772. The van der Waals surface area contributed by atoms with E-state index in [9.17, 15) is 4.79 Å². The molecule has 3 heteroatoms. The normalized spacial score (nSPS) is 39.7. The van der Waals surface area contributed by atoms with Crippen LogP contribution in [-0.2, 0) is 4.79 Å². The van der Waals surface area contributed by atoms with E-state index in [1.807, 2.05) is 13.8 Å². The number of fused-ring (bicyclic) bond motifs is 5. The first-order chi connectivity index (χ1) is 16.1. The van der Waals surface area contributed by atoms with Gasteiger partial charge in [-0.1, -0.05) is 98.6 Å². The number of thioether (sulfide) groups is 1. The second-order valence-corrected chi connectivity index (χ2v) is 16.6. The van der Waals surface area contributed by atoms with Gasteiger partial charge in [0.15, 0.2) is 0 Å². The van der Waals surface area contributed by atoms with E-state index in [2.05, 4.69) is 42.8 Å². The van der Waals surface area contributed by atoms with E-state index < -0.39 is 4.32 Å². The maximum Gasteiger partial charge on any atom is 0.205 e. The molecule has 34 heavy (non-hydrogen) atoms. The predicted molar refractivity (Wildman–Crippen MR) is 153 cm³/mol. The molecule has 0 heterocycles. The Labute approximate surface area is 223 Å². The first kappa shape index (κ1) is 27.3. The van der Waals surface area contributed by atoms with Crippen molar-refractivity contribution in [2.24, 2.45) is 34.5 Å². The molecule has 1 nitrogen and oxygen atoms in total. The largest absolute Gasteiger partial charge is 0.286 e. The minimum absolute atomic E-state index is 0.297. The van der Waals surface area contributed by atoms with Gasteiger partial charge in [-0.05, 0) is 106 Å². The summed E-state index contributed by atoms with van der Waals surface area (Å²) in [6.07, 6.45) is 23.6. The van der Waals surface area contributed by atoms with Crippen molar-refractivity contribution >= 4 is 32.8 Å². The molecule has 3 saturated carbocycles. The SMILES string of the molecule is CCCCCCCC[C@@H]1CC[C@@H]2[C@@H]3CC=C4C[C@@H](SC(=O)C(C)(C)Br)CC[C@]4(C)[C@@H]3CC[C@]12C. The first-order valence-electron chi connectivity index (χ1n) is 14.7. The molecule has 0 aromatic heterocycles. The van der Waals surface area contributed by atoms with Crippen molar-refractivity contribution in [1.29, 1.82) is 0 Å². The molecule has 4 aliphatic rings. The highest BCUT2D eigenvalue weighted by Gasteiger charge is 2.58. The van der Waals surface area contributed by atoms with Crippen LogP contribution in [0.2, 0.25) is 0 Å². The summed E-state index contributed by atoms with van der Waals surface area (Å²) in [4.78, 5) is 12.6. The summed E-state index contributed by atoms with van der Waals surface area (Å²) >= 11 is 5.19. The number of rotatable bonds is 9. The number of hydrogen-bond donors (Lipinski definition) is 0. The van der Waals surface area contributed by atoms with Crippen molar-refractivity contribution in [1.82, 2.24) is 0 Å². The second kappa shape index (κ2) is 10.9. The summed E-state index contributed by atoms with van der Waals surface area (Å²) in [7, 11) is 0. The average Bonchev–Trinajstić information content (AvgIpc) is 3.12. The van der Waals surface area contributed by atoms with Gasteiger partial charge < -0.3 is 0 Å². The Morgan fingerprint density at radius 3 is 2.50 bits per heavy atom. The van der Waals surface area contributed by atoms with Crippen LogP contribution in [0.1, 0.15) is 131 Å². The lowest BCUT2D eigenvalue weighted by atomic mass is 9.47. The number of unbranched alkanes of at least 4 members (excludes halogenated alkanes) is 5. The number of halogens is 1. The van der Waals surface area contributed by atoms with Crippen molar-refractivity contribution in [3.63, 3.8) is 0 Å². The molecule has 3 fully saturated rings. The quantitative estimate of drug-likeness (QED) is 0.161. The van der Waals surface area contributed by atoms with Crippen LogP contribution in [0, 0.1) is 34.5 Å². The van der Waals surface area contributed by atoms with E-state index in [4.69, 9.17) is 0 Å². The molecule has 0 N–H and O–H groups in total. The van der Waals surface area contributed by atoms with Crippen LogP contribution in [0.4, 0.5) is 0 Å². The standard InChI is InChI=1S/C31H51BrOS/c1-6-7-8-9-10-11-12-22-14-16-26-25-15-13-23-21-24(34-28(33)29(2,3)32)17-19-31(23,5)27(25)18-20-30(22,26)4/h13,22,24-27H,6-12,14-21H2,1-5H3/t22-,24+,25+,26-,27-,30-,31+/m1/s1. The molecule has 0 bridgehead atoms. The minimum Gasteiger partial charge on any atom is -0.286 e. The molecule has 0 spiro atoms. The van der Waals surface area contributed by atoms with Crippen molar-refractivity contribution < 1.29 is 4.79 Å². The van der Waals surface area contributed by atoms with Crippen LogP contribution < -0.4 is 0 Å². The lowest BCUT2D eigenvalue weighted by molar-refractivity contribution is -0.112. The highest BCUT2D eigenvalue weighted by Crippen LogP contribution is 2.67. The van der Waals surface area contributed by atoms with Gasteiger partial charge in [-0.15, -0.1) is 0 Å². The number of hydrogen-bond acceptors (Lipinski definition) is 2. The predicted octanol–water partition coefficient (Wildman–Crippen LogP) is 10.1. The zero-order valence-corrected chi connectivity index (χ0v) is 25.2. The van der Waals surface area contributed by atoms with Crippen LogP contribution >= 0.6 is 27.7 Å². The Morgan fingerprint density at radius 1 is 1.03 bits per heavy atom. The van der Waals surface area contributed by atoms with Gasteiger partial charge in [0.1, 0.15) is 0 Å². The summed E-state index contributed by atoms with van der Waals surface area (Å²) in [6, 6.07) is 0. The Bertz CT molecular complexity index is 753. The molecule has 194 valence electrons. The van der Waals surface area contributed by atoms with Gasteiger partial charge >= 0.3 is 0 Å². The van der Waals surface area contributed by atoms with Gasteiger partial charge in [-0.3, -0.25) is 4.79 Å². The number of carbonyl (C=O) groups excluding carboxylic acids is 1. The van der Waals surface area contributed by atoms with Crippen LogP contribution in [-0.4, -0.2) is 14.7 Å². The van der Waals surface area contributed by atoms with Crippen LogP contribution in [0.5, 0.6) is 0 Å². The third-order valence-corrected chi connectivity index (χ3v) is 13.0. The average molecular weight is 552 g/mol. The van der Waals surface area contributed by atoms with Crippen LogP contribution in [0.15, 0.2) is 11.6 Å². The number of carbonyl (C=O) groups is 1. The van der Waals surface area contributed by atoms with E-state index in [0.29, 0.717) is 21.2 Å². The molecule has 4 rings (SSSR count). The molecule has 0 saturated heterocycles. The summed E-state index contributed by atoms with van der Waals surface area (Å²) in [5.74, 6) is 3.73. The molecule has 0 amide bonds. The van der Waals surface area contributed by atoms with Gasteiger partial charge in [-0.2, -0.15) is 0 Å². The summed E-state index contributed by atoms with van der Waals surface area (Å²) in [6.45, 7) is 11.6. The van der Waals surface area contributed by atoms with E-state index >= 15 is 0 Å². The highest BCUT2D eigenvalue weighted by molar-refractivity contribution is 9.10. The van der Waals surface area contributed by atoms with Crippen molar-refractivity contribution in [3.05, 3.63) is 11.6 Å². The Morgan fingerprint density at radius 2 is 1.76 bits per heavy atom. The highest BCUT2D eigenvalue weighted by atomic mass is 79.9. The lowest BCUT2D eigenvalue weighted by Crippen LogP contribution is -2.50. The van der Waals surface area contributed by atoms with E-state index in [1.54, 1.807) is 17.3 Å². The molecule has 0 radical (unpaired) electrons. The maximum absolute atomic E-state index is 12.6. The molecule has 0 aromatic rings. The van der Waals surface area contributed by atoms with Crippen molar-refractivity contribution in [2.45, 2.75) is 141 Å². The van der Waals surface area contributed by atoms with Crippen LogP contribution in [0.3, 0.4) is 0 Å². The Kier molecular flexibility index (Phi) is 8.76. The van der Waals surface area contributed by atoms with E-state index in [1.165, 1.54) is 89.9 Å². The molecular weight excluding hydrogens is 500 g/mol. The van der Waals surface area contributed by atoms with Gasteiger partial charge in [-0.25, -0.2) is 0 Å². The molecule has 0 unspecified atom stereocenters. The summed E-state index contributed by atoms with van der Waals surface area (Å²) in [5.41, 5.74) is 2.71. The molecular formula is C31H51BrOS. The molecule has 0 aliphatic heterocycles. The fourth-order valence-corrected chi connectivity index (χ4v) is 10.1. The number of allylic oxidation sites excluding steroid dienone is 2. The van der Waals surface area contributed by atoms with Crippen molar-refractivity contribution in [2.75, 3.05) is 0 Å². The molecule has 7 atom stereocenters. The topological polar surface area (TPSA) is 17.1 Å². The summed E-state index contributed by atoms with van der Waals surface area (Å²) < 4.78 is -0.410. The lowest BCUT2D eigenvalue weighted by Gasteiger charge is -2.58. The van der Waals surface area contributed by atoms with Gasteiger partial charge in [0, 0.05) is 5.25 Å². The minimum atomic E-state index is -0.410. The van der Waals surface area contributed by atoms with E-state index in [0.717, 1.165) is 30.1 Å². The maximum atomic E-state index is 12.6. The smallest absolute Gasteiger partial charge is 0.205 e. The second-order valence-electron chi connectivity index (χ2n) is 13.4. The molecule has 0 aromatic carbocycles. The van der Waals surface area contributed by atoms with Gasteiger partial charge in [0.25, 0.3) is 0 Å². The van der Waals surface area contributed by atoms with Gasteiger partial charge in [0.2, 0.25) is 5.12 Å². The zero-order valence-electron chi connectivity index (χ0n) is 22.8. The fraction of sp³-hybridized carbons (Fsp3) is 0.903. The third kappa shape index (κ3) is 5.41. The van der Waals surface area contributed by atoms with Gasteiger partial charge in [0.05, 0.1) is 4.32 Å².